The Labute approximate surface area is 192 Å². The molecule has 0 aliphatic heterocycles. The van der Waals surface area contributed by atoms with Crippen molar-refractivity contribution >= 4 is 11.9 Å². The Morgan fingerprint density at radius 1 is 0.750 bits per heavy atom. The quantitative estimate of drug-likeness (QED) is 0.313. The van der Waals surface area contributed by atoms with Gasteiger partial charge in [0.2, 0.25) is 0 Å². The van der Waals surface area contributed by atoms with Gasteiger partial charge in [-0.3, -0.25) is 9.59 Å². The molecular weight excluding hydrogens is 410 g/mol. The molecule has 2 rings (SSSR count). The zero-order chi connectivity index (χ0) is 23.2. The lowest BCUT2D eigenvalue weighted by Crippen LogP contribution is -2.34. The first-order valence-corrected chi connectivity index (χ1v) is 12.0. The molecule has 7 heteroatoms. The van der Waals surface area contributed by atoms with E-state index in [4.69, 9.17) is 24.7 Å². The second-order valence-corrected chi connectivity index (χ2v) is 9.23. The van der Waals surface area contributed by atoms with E-state index in [2.05, 4.69) is 13.2 Å². The molecule has 0 aromatic carbocycles. The second kappa shape index (κ2) is 14.9. The Morgan fingerprint density at radius 2 is 1.16 bits per heavy atom. The molecule has 0 saturated heterocycles. The molecular formula is C25H41NO6. The number of rotatable bonds is 14. The summed E-state index contributed by atoms with van der Waals surface area (Å²) in [5.41, 5.74) is 5.93. The van der Waals surface area contributed by atoms with E-state index < -0.39 is 12.0 Å². The van der Waals surface area contributed by atoms with E-state index in [1.807, 2.05) is 0 Å². The van der Waals surface area contributed by atoms with Crippen molar-refractivity contribution in [3.8, 4) is 0 Å². The minimum Gasteiger partial charge on any atom is -0.502 e. The van der Waals surface area contributed by atoms with Crippen LogP contribution in [0.2, 0.25) is 0 Å². The van der Waals surface area contributed by atoms with Gasteiger partial charge in [0.15, 0.2) is 0 Å². The van der Waals surface area contributed by atoms with Gasteiger partial charge in [0.25, 0.3) is 0 Å². The number of hydrogen-bond donors (Lipinski definition) is 1. The number of carbonyl (C=O) groups is 2. The fourth-order valence-corrected chi connectivity index (χ4v) is 4.52. The van der Waals surface area contributed by atoms with Gasteiger partial charge in [-0.25, -0.2) is 0 Å². The number of carbonyl (C=O) groups excluding carboxylic acids is 2. The van der Waals surface area contributed by atoms with E-state index in [-0.39, 0.29) is 18.8 Å². The molecule has 0 radical (unpaired) electrons. The summed E-state index contributed by atoms with van der Waals surface area (Å²) in [7, 11) is 0. The van der Waals surface area contributed by atoms with Crippen LogP contribution in [0.4, 0.5) is 0 Å². The molecule has 182 valence electrons. The van der Waals surface area contributed by atoms with Gasteiger partial charge in [0.1, 0.15) is 6.04 Å². The van der Waals surface area contributed by atoms with Crippen LogP contribution in [0.25, 0.3) is 0 Å². The maximum atomic E-state index is 12.2. The lowest BCUT2D eigenvalue weighted by Gasteiger charge is -2.28. The Morgan fingerprint density at radius 3 is 1.59 bits per heavy atom. The Balaban J connectivity index is 1.52. The van der Waals surface area contributed by atoms with Crippen LogP contribution in [0.15, 0.2) is 25.7 Å². The number of hydrogen-bond acceptors (Lipinski definition) is 7. The third-order valence-electron chi connectivity index (χ3n) is 6.74. The average molecular weight is 452 g/mol. The molecule has 0 aromatic heterocycles. The Kier molecular flexibility index (Phi) is 12.2. The van der Waals surface area contributed by atoms with Crippen LogP contribution in [0.1, 0.15) is 64.2 Å². The molecule has 0 unspecified atom stereocenters. The summed E-state index contributed by atoms with van der Waals surface area (Å²) in [6.45, 7) is 9.40. The van der Waals surface area contributed by atoms with E-state index in [0.717, 1.165) is 58.0 Å². The summed E-state index contributed by atoms with van der Waals surface area (Å²) in [5.74, 6) is 1.14. The topological polar surface area (TPSA) is 97.1 Å². The monoisotopic (exact) mass is 451 g/mol. The van der Waals surface area contributed by atoms with Crippen LogP contribution in [-0.4, -0.2) is 44.4 Å². The molecule has 1 atom stereocenters. The maximum Gasteiger partial charge on any atom is 0.322 e. The molecule has 2 saturated carbocycles. The number of ether oxygens (including phenoxy) is 4. The van der Waals surface area contributed by atoms with E-state index in [0.29, 0.717) is 43.5 Å². The minimum absolute atomic E-state index is 0.132. The zero-order valence-electron chi connectivity index (χ0n) is 19.4. The van der Waals surface area contributed by atoms with Crippen LogP contribution in [-0.2, 0) is 28.5 Å². The van der Waals surface area contributed by atoms with Crippen LogP contribution >= 0.6 is 0 Å². The Hall–Kier alpha value is -2.02. The first-order valence-electron chi connectivity index (χ1n) is 12.0. The summed E-state index contributed by atoms with van der Waals surface area (Å²) < 4.78 is 21.4. The Bertz CT molecular complexity index is 579. The van der Waals surface area contributed by atoms with E-state index >= 15 is 0 Å². The summed E-state index contributed by atoms with van der Waals surface area (Å²) in [4.78, 5) is 24.2. The molecule has 2 fully saturated rings. The van der Waals surface area contributed by atoms with Gasteiger partial charge in [-0.2, -0.15) is 0 Å². The van der Waals surface area contributed by atoms with Crippen LogP contribution in [0.3, 0.4) is 0 Å². The molecule has 0 heterocycles. The van der Waals surface area contributed by atoms with Gasteiger partial charge in [0, 0.05) is 6.42 Å². The lowest BCUT2D eigenvalue weighted by atomic mass is 9.83. The average Bonchev–Trinajstić information content (AvgIpc) is 2.83. The molecule has 0 amide bonds. The van der Waals surface area contributed by atoms with Crippen molar-refractivity contribution in [2.75, 3.05) is 26.4 Å². The minimum atomic E-state index is -0.792. The third kappa shape index (κ3) is 10.1. The highest BCUT2D eigenvalue weighted by molar-refractivity contribution is 5.77. The summed E-state index contributed by atoms with van der Waals surface area (Å²) in [5, 5.41) is 0. The van der Waals surface area contributed by atoms with Gasteiger partial charge < -0.3 is 24.7 Å². The molecule has 0 spiro atoms. The van der Waals surface area contributed by atoms with Gasteiger partial charge in [-0.15, -0.1) is 0 Å². The summed E-state index contributed by atoms with van der Waals surface area (Å²) >= 11 is 0. The largest absolute Gasteiger partial charge is 0.502 e. The fraction of sp³-hybridized carbons (Fsp3) is 0.760. The highest BCUT2D eigenvalue weighted by Gasteiger charge is 2.25. The van der Waals surface area contributed by atoms with Crippen molar-refractivity contribution in [1.82, 2.24) is 0 Å². The smallest absolute Gasteiger partial charge is 0.322 e. The predicted octanol–water partition coefficient (Wildman–Crippen LogP) is 4.11. The lowest BCUT2D eigenvalue weighted by molar-refractivity contribution is -0.148. The first-order chi connectivity index (χ1) is 15.5. The predicted molar refractivity (Wildman–Crippen MR) is 122 cm³/mol. The fourth-order valence-electron chi connectivity index (χ4n) is 4.52. The summed E-state index contributed by atoms with van der Waals surface area (Å²) in [6.07, 6.45) is 11.7. The van der Waals surface area contributed by atoms with Crippen molar-refractivity contribution in [2.45, 2.75) is 70.3 Å². The molecule has 0 bridgehead atoms. The molecule has 32 heavy (non-hydrogen) atoms. The number of nitrogens with two attached hydrogens (primary N) is 1. The third-order valence-corrected chi connectivity index (χ3v) is 6.74. The maximum absolute atomic E-state index is 12.2. The van der Waals surface area contributed by atoms with Crippen molar-refractivity contribution in [1.29, 1.82) is 0 Å². The van der Waals surface area contributed by atoms with Crippen LogP contribution < -0.4 is 5.73 Å². The van der Waals surface area contributed by atoms with Crippen molar-refractivity contribution in [3.63, 3.8) is 0 Å². The van der Waals surface area contributed by atoms with Gasteiger partial charge >= 0.3 is 11.9 Å². The molecule has 2 aliphatic carbocycles. The number of esters is 2. The summed E-state index contributed by atoms with van der Waals surface area (Å²) in [6, 6.07) is -0.792. The van der Waals surface area contributed by atoms with Crippen LogP contribution in [0, 0.1) is 23.7 Å². The van der Waals surface area contributed by atoms with Gasteiger partial charge in [0.05, 0.1) is 39.0 Å². The van der Waals surface area contributed by atoms with E-state index in [9.17, 15) is 9.59 Å². The van der Waals surface area contributed by atoms with Gasteiger partial charge in [-0.1, -0.05) is 13.2 Å². The molecule has 7 nitrogen and oxygen atoms in total. The molecule has 0 aromatic rings. The van der Waals surface area contributed by atoms with Crippen molar-refractivity contribution in [3.05, 3.63) is 25.7 Å². The highest BCUT2D eigenvalue weighted by Crippen LogP contribution is 2.30. The van der Waals surface area contributed by atoms with E-state index in [1.54, 1.807) is 0 Å². The van der Waals surface area contributed by atoms with Crippen molar-refractivity contribution in [2.24, 2.45) is 29.4 Å². The normalized spacial score (nSPS) is 26.4. The molecule has 2 N–H and O–H groups in total. The first kappa shape index (κ1) is 26.2. The highest BCUT2D eigenvalue weighted by atomic mass is 16.5. The van der Waals surface area contributed by atoms with Crippen molar-refractivity contribution < 1.29 is 28.5 Å². The van der Waals surface area contributed by atoms with E-state index in [1.165, 1.54) is 12.5 Å². The second-order valence-electron chi connectivity index (χ2n) is 9.23. The standard InChI is InChI=1S/C25H41NO6/c1-3-29-15-19-5-9-21(10-6-19)17-31-24(27)14-13-23(26)25(28)32-18-22-11-7-20(8-12-22)16-30-4-2/h3-4,19-23H,1-2,5-18,26H2/t19?,20?,21?,22?,23-/m0/s1. The van der Waals surface area contributed by atoms with Crippen LogP contribution in [0.5, 0.6) is 0 Å². The van der Waals surface area contributed by atoms with Gasteiger partial charge in [-0.05, 0) is 81.5 Å². The molecule has 2 aliphatic rings. The SMILES string of the molecule is C=COCC1CCC(COC(=O)CC[C@H](N)C(=O)OCC2CCC(COC=C)CC2)CC1. The zero-order valence-corrected chi connectivity index (χ0v) is 19.4.